The molecule has 0 aliphatic rings. The van der Waals surface area contributed by atoms with Crippen molar-refractivity contribution in [2.45, 2.75) is 11.8 Å². The lowest BCUT2D eigenvalue weighted by Gasteiger charge is -2.12. The maximum atomic E-state index is 14.5. The molecule has 4 aromatic carbocycles. The third-order valence-corrected chi connectivity index (χ3v) is 8.69. The molecule has 48 heavy (non-hydrogen) atoms. The minimum absolute atomic E-state index is 0.0177. The van der Waals surface area contributed by atoms with Crippen LogP contribution < -0.4 is 16.0 Å². The van der Waals surface area contributed by atoms with Gasteiger partial charge in [-0.1, -0.05) is 72.8 Å². The second-order valence-corrected chi connectivity index (χ2v) is 12.1. The molecule has 0 radical (unpaired) electrons. The van der Waals surface area contributed by atoms with Gasteiger partial charge in [0, 0.05) is 32.7 Å². The standard InChI is InChI=1S/C37H30FN3O5S2/c1-2-46-37(45)33-29(24-12-5-3-6-13-24)22-48-36(33)41-32(42)23-47-28-18-11-17-27(21-28)39-35(44)31(20-26-16-9-10-19-30(26)38)40-34(43)25-14-7-4-8-15-25/h3-22H,2,23H2,1H3,(H,39,44)(H,40,43)(H,41,42)/b31-20-. The van der Waals surface area contributed by atoms with Crippen LogP contribution in [0.5, 0.6) is 0 Å². The fraction of sp³-hybridized carbons (Fsp3) is 0.0811. The van der Waals surface area contributed by atoms with Crippen LogP contribution >= 0.6 is 23.1 Å². The Morgan fingerprint density at radius 1 is 0.854 bits per heavy atom. The van der Waals surface area contributed by atoms with Crippen molar-refractivity contribution >= 4 is 63.6 Å². The smallest absolute Gasteiger partial charge is 0.341 e. The molecule has 0 spiro atoms. The number of halogens is 1. The average molecular weight is 680 g/mol. The van der Waals surface area contributed by atoms with Gasteiger partial charge in [-0.15, -0.1) is 23.1 Å². The normalized spacial score (nSPS) is 11.0. The summed E-state index contributed by atoms with van der Waals surface area (Å²) in [6, 6.07) is 30.5. The van der Waals surface area contributed by atoms with Crippen LogP contribution in [0.15, 0.2) is 125 Å². The minimum atomic E-state index is -0.666. The van der Waals surface area contributed by atoms with E-state index in [0.717, 1.165) is 5.56 Å². The van der Waals surface area contributed by atoms with Crippen molar-refractivity contribution in [2.75, 3.05) is 23.0 Å². The van der Waals surface area contributed by atoms with E-state index in [1.165, 1.54) is 47.4 Å². The summed E-state index contributed by atoms with van der Waals surface area (Å²) < 4.78 is 19.7. The number of rotatable bonds is 12. The fourth-order valence-electron chi connectivity index (χ4n) is 4.55. The summed E-state index contributed by atoms with van der Waals surface area (Å²) in [4.78, 5) is 52.8. The van der Waals surface area contributed by atoms with Gasteiger partial charge in [0.2, 0.25) is 5.91 Å². The van der Waals surface area contributed by atoms with E-state index in [-0.39, 0.29) is 29.5 Å². The predicted molar refractivity (Wildman–Crippen MR) is 188 cm³/mol. The molecule has 0 aliphatic heterocycles. The highest BCUT2D eigenvalue weighted by atomic mass is 32.2. The number of anilines is 2. The lowest BCUT2D eigenvalue weighted by atomic mass is 10.0. The summed E-state index contributed by atoms with van der Waals surface area (Å²) >= 11 is 2.47. The van der Waals surface area contributed by atoms with Crippen molar-refractivity contribution in [3.8, 4) is 11.1 Å². The Labute approximate surface area is 285 Å². The van der Waals surface area contributed by atoms with Crippen LogP contribution in [0.1, 0.15) is 33.2 Å². The summed E-state index contributed by atoms with van der Waals surface area (Å²) in [7, 11) is 0. The third kappa shape index (κ3) is 8.84. The molecule has 11 heteroatoms. The summed E-state index contributed by atoms with van der Waals surface area (Å²) in [5.41, 5.74) is 2.50. The number of hydrogen-bond donors (Lipinski definition) is 3. The van der Waals surface area contributed by atoms with Gasteiger partial charge in [0.15, 0.2) is 0 Å². The Bertz CT molecular complexity index is 1960. The molecule has 0 unspecified atom stereocenters. The first-order valence-electron chi connectivity index (χ1n) is 14.8. The van der Waals surface area contributed by atoms with Gasteiger partial charge in [0.05, 0.1) is 12.4 Å². The second kappa shape index (κ2) is 16.3. The van der Waals surface area contributed by atoms with Crippen LogP contribution in [0.2, 0.25) is 0 Å². The molecule has 0 saturated carbocycles. The number of thiophene rings is 1. The van der Waals surface area contributed by atoms with Gasteiger partial charge < -0.3 is 20.7 Å². The number of amides is 3. The molecule has 0 saturated heterocycles. The van der Waals surface area contributed by atoms with Gasteiger partial charge >= 0.3 is 5.97 Å². The fourth-order valence-corrected chi connectivity index (χ4v) is 6.28. The Kier molecular flexibility index (Phi) is 11.5. The van der Waals surface area contributed by atoms with Crippen LogP contribution in [0.4, 0.5) is 15.1 Å². The van der Waals surface area contributed by atoms with Crippen molar-refractivity contribution in [1.82, 2.24) is 5.32 Å². The van der Waals surface area contributed by atoms with Crippen molar-refractivity contribution in [1.29, 1.82) is 0 Å². The Balaban J connectivity index is 1.27. The van der Waals surface area contributed by atoms with E-state index in [2.05, 4.69) is 16.0 Å². The number of thioether (sulfide) groups is 1. The zero-order valence-corrected chi connectivity index (χ0v) is 27.3. The van der Waals surface area contributed by atoms with E-state index < -0.39 is 23.6 Å². The molecular formula is C37H30FN3O5S2. The Morgan fingerprint density at radius 2 is 1.56 bits per heavy atom. The van der Waals surface area contributed by atoms with Crippen LogP contribution in [-0.4, -0.2) is 36.1 Å². The van der Waals surface area contributed by atoms with Gasteiger partial charge in [-0.05, 0) is 55.0 Å². The molecule has 5 rings (SSSR count). The lowest BCUT2D eigenvalue weighted by Crippen LogP contribution is -2.30. The minimum Gasteiger partial charge on any atom is -0.462 e. The molecule has 1 heterocycles. The van der Waals surface area contributed by atoms with E-state index in [9.17, 15) is 23.6 Å². The van der Waals surface area contributed by atoms with Gasteiger partial charge in [-0.25, -0.2) is 9.18 Å². The van der Waals surface area contributed by atoms with Gasteiger partial charge in [-0.2, -0.15) is 0 Å². The van der Waals surface area contributed by atoms with Crippen molar-refractivity contribution in [2.24, 2.45) is 0 Å². The zero-order chi connectivity index (χ0) is 33.9. The average Bonchev–Trinajstić information content (AvgIpc) is 3.52. The van der Waals surface area contributed by atoms with Gasteiger partial charge in [-0.3, -0.25) is 14.4 Å². The molecule has 1 aromatic heterocycles. The van der Waals surface area contributed by atoms with Crippen LogP contribution in [0.3, 0.4) is 0 Å². The van der Waals surface area contributed by atoms with Gasteiger partial charge in [0.25, 0.3) is 11.8 Å². The number of carbonyl (C=O) groups excluding carboxylic acids is 4. The summed E-state index contributed by atoms with van der Waals surface area (Å²) in [5.74, 6) is -2.59. The summed E-state index contributed by atoms with van der Waals surface area (Å²) in [5, 5.41) is 10.4. The SMILES string of the molecule is CCOC(=O)c1c(-c2ccccc2)csc1NC(=O)CSc1cccc(NC(=O)/C(=C/c2ccccc2F)NC(=O)c2ccccc2)c1. The van der Waals surface area contributed by atoms with Crippen LogP contribution in [-0.2, 0) is 14.3 Å². The quantitative estimate of drug-likeness (QED) is 0.0703. The van der Waals surface area contributed by atoms with Gasteiger partial charge in [0.1, 0.15) is 22.1 Å². The topological polar surface area (TPSA) is 114 Å². The lowest BCUT2D eigenvalue weighted by molar-refractivity contribution is -0.114. The first-order valence-corrected chi connectivity index (χ1v) is 16.7. The number of nitrogens with one attached hydrogen (secondary N) is 3. The third-order valence-electron chi connectivity index (χ3n) is 6.80. The van der Waals surface area contributed by atoms with E-state index in [4.69, 9.17) is 4.74 Å². The number of hydrogen-bond acceptors (Lipinski definition) is 7. The Hall–Kier alpha value is -5.52. The van der Waals surface area contributed by atoms with Crippen molar-refractivity contribution in [3.63, 3.8) is 0 Å². The van der Waals surface area contributed by atoms with Crippen LogP contribution in [0, 0.1) is 5.82 Å². The highest BCUT2D eigenvalue weighted by Crippen LogP contribution is 2.36. The van der Waals surface area contributed by atoms with Crippen LogP contribution in [0.25, 0.3) is 17.2 Å². The summed E-state index contributed by atoms with van der Waals surface area (Å²) in [6.07, 6.45) is 1.27. The van der Waals surface area contributed by atoms with Crippen molar-refractivity contribution < 1.29 is 28.3 Å². The van der Waals surface area contributed by atoms with E-state index in [1.807, 2.05) is 35.7 Å². The summed E-state index contributed by atoms with van der Waals surface area (Å²) in [6.45, 7) is 1.91. The number of ether oxygens (including phenoxy) is 1. The van der Waals surface area contributed by atoms with Crippen molar-refractivity contribution in [3.05, 3.63) is 143 Å². The monoisotopic (exact) mass is 679 g/mol. The number of esters is 1. The van der Waals surface area contributed by atoms with E-state index >= 15 is 0 Å². The molecule has 8 nitrogen and oxygen atoms in total. The van der Waals surface area contributed by atoms with E-state index in [0.29, 0.717) is 32.3 Å². The molecule has 5 aromatic rings. The second-order valence-electron chi connectivity index (χ2n) is 10.2. The molecule has 0 atom stereocenters. The molecule has 3 N–H and O–H groups in total. The number of benzene rings is 4. The maximum Gasteiger partial charge on any atom is 0.341 e. The molecule has 0 bridgehead atoms. The molecular weight excluding hydrogens is 650 g/mol. The highest BCUT2D eigenvalue weighted by Gasteiger charge is 2.23. The number of carbonyl (C=O) groups is 4. The largest absolute Gasteiger partial charge is 0.462 e. The highest BCUT2D eigenvalue weighted by molar-refractivity contribution is 8.00. The molecule has 0 aliphatic carbocycles. The van der Waals surface area contributed by atoms with E-state index in [1.54, 1.807) is 67.6 Å². The zero-order valence-electron chi connectivity index (χ0n) is 25.7. The Morgan fingerprint density at radius 3 is 2.29 bits per heavy atom. The predicted octanol–water partition coefficient (Wildman–Crippen LogP) is 7.87. The first-order chi connectivity index (χ1) is 23.3. The molecule has 0 fully saturated rings. The first kappa shape index (κ1) is 33.8. The maximum absolute atomic E-state index is 14.5. The molecule has 242 valence electrons. The molecule has 3 amide bonds.